The Labute approximate surface area is 77.1 Å². The zero-order valence-corrected chi connectivity index (χ0v) is 7.78. The molecule has 1 fully saturated rings. The molecule has 0 aromatic heterocycles. The second-order valence-corrected chi connectivity index (χ2v) is 5.11. The van der Waals surface area contributed by atoms with Crippen LogP contribution in [0.2, 0.25) is 0 Å². The second-order valence-electron chi connectivity index (χ2n) is 2.53. The number of carboxylic acids is 2. The van der Waals surface area contributed by atoms with Crippen LogP contribution in [0.5, 0.6) is 0 Å². The maximum Gasteiger partial charge on any atom is 0.321 e. The topological polar surface area (TPSA) is 74.6 Å². The summed E-state index contributed by atoms with van der Waals surface area (Å²) in [5, 5.41) is 17.5. The number of rotatable bonds is 2. The molecule has 0 atom stereocenters. The van der Waals surface area contributed by atoms with E-state index in [2.05, 4.69) is 0 Å². The molecular weight excluding hydrogens is 200 g/mol. The highest BCUT2D eigenvalue weighted by Gasteiger charge is 2.47. The molecule has 0 aliphatic carbocycles. The third-order valence-electron chi connectivity index (χ3n) is 1.82. The van der Waals surface area contributed by atoms with E-state index < -0.39 is 17.4 Å². The van der Waals surface area contributed by atoms with Gasteiger partial charge in [0.15, 0.2) is 5.41 Å². The predicted octanol–water partition coefficient (Wildman–Crippen LogP) is 0.927. The van der Waals surface area contributed by atoms with Crippen molar-refractivity contribution < 1.29 is 19.8 Å². The monoisotopic (exact) mass is 208 g/mol. The number of carboxylic acid groups (broad SMARTS) is 2. The first-order valence-corrected chi connectivity index (χ1v) is 5.79. The Hall–Kier alpha value is -0.360. The van der Waals surface area contributed by atoms with Crippen LogP contribution in [0.3, 0.4) is 0 Å². The smallest absolute Gasteiger partial charge is 0.321 e. The van der Waals surface area contributed by atoms with Gasteiger partial charge in [0.1, 0.15) is 0 Å². The fraction of sp³-hybridized carbons (Fsp3) is 0.667. The molecule has 4 nitrogen and oxygen atoms in total. The molecular formula is C6H8O4S2. The summed E-state index contributed by atoms with van der Waals surface area (Å²) in [5.74, 6) is -1.70. The van der Waals surface area contributed by atoms with Crippen LogP contribution in [0.15, 0.2) is 0 Å². The lowest BCUT2D eigenvalue weighted by molar-refractivity contribution is -0.162. The Morgan fingerprint density at radius 3 is 2.00 bits per heavy atom. The minimum absolute atomic E-state index is 0.155. The SMILES string of the molecule is O=C(O)C1(C(=O)O)CCSSC1. The van der Waals surface area contributed by atoms with Crippen molar-refractivity contribution in [3.63, 3.8) is 0 Å². The highest BCUT2D eigenvalue weighted by molar-refractivity contribution is 8.76. The van der Waals surface area contributed by atoms with E-state index >= 15 is 0 Å². The van der Waals surface area contributed by atoms with Gasteiger partial charge in [-0.1, -0.05) is 21.6 Å². The second kappa shape index (κ2) is 3.57. The Morgan fingerprint density at radius 2 is 1.75 bits per heavy atom. The molecule has 1 aliphatic heterocycles. The van der Waals surface area contributed by atoms with Crippen LogP contribution in [0.4, 0.5) is 0 Å². The van der Waals surface area contributed by atoms with Crippen LogP contribution >= 0.6 is 21.6 Å². The van der Waals surface area contributed by atoms with E-state index in [1.807, 2.05) is 0 Å². The van der Waals surface area contributed by atoms with Crippen molar-refractivity contribution in [2.45, 2.75) is 6.42 Å². The summed E-state index contributed by atoms with van der Waals surface area (Å²) in [5.41, 5.74) is -1.55. The van der Waals surface area contributed by atoms with E-state index in [1.54, 1.807) is 0 Å². The quantitative estimate of drug-likeness (QED) is 0.519. The van der Waals surface area contributed by atoms with Crippen LogP contribution in [0.25, 0.3) is 0 Å². The van der Waals surface area contributed by atoms with E-state index in [0.29, 0.717) is 5.75 Å². The van der Waals surface area contributed by atoms with Crippen LogP contribution in [0.1, 0.15) is 6.42 Å². The molecule has 68 valence electrons. The minimum Gasteiger partial charge on any atom is -0.480 e. The molecule has 0 aromatic carbocycles. The van der Waals surface area contributed by atoms with Gasteiger partial charge in [0.25, 0.3) is 0 Å². The third kappa shape index (κ3) is 1.54. The maximum absolute atomic E-state index is 10.7. The summed E-state index contributed by atoms with van der Waals surface area (Å²) in [6.45, 7) is 0. The van der Waals surface area contributed by atoms with Crippen molar-refractivity contribution in [3.05, 3.63) is 0 Å². The van der Waals surface area contributed by atoms with Gasteiger partial charge in [-0.25, -0.2) is 0 Å². The fourth-order valence-electron chi connectivity index (χ4n) is 0.918. The molecule has 0 spiro atoms. The zero-order chi connectivity index (χ0) is 9.19. The summed E-state index contributed by atoms with van der Waals surface area (Å²) in [6, 6.07) is 0. The Balaban J connectivity index is 2.84. The highest BCUT2D eigenvalue weighted by atomic mass is 33.1. The molecule has 0 amide bonds. The van der Waals surface area contributed by atoms with Gasteiger partial charge >= 0.3 is 11.9 Å². The summed E-state index contributed by atoms with van der Waals surface area (Å²) < 4.78 is 0. The molecule has 0 aromatic rings. The first-order chi connectivity index (χ1) is 5.59. The molecule has 1 rings (SSSR count). The first-order valence-electron chi connectivity index (χ1n) is 3.31. The summed E-state index contributed by atoms with van der Waals surface area (Å²) in [7, 11) is 2.84. The van der Waals surface area contributed by atoms with Crippen LogP contribution < -0.4 is 0 Å². The van der Waals surface area contributed by atoms with Crippen LogP contribution in [-0.4, -0.2) is 33.7 Å². The number of carbonyl (C=O) groups is 2. The van der Waals surface area contributed by atoms with Crippen molar-refractivity contribution in [1.29, 1.82) is 0 Å². The molecule has 0 unspecified atom stereocenters. The van der Waals surface area contributed by atoms with E-state index in [4.69, 9.17) is 10.2 Å². The molecule has 0 radical (unpaired) electrons. The number of hydrogen-bond acceptors (Lipinski definition) is 4. The van der Waals surface area contributed by atoms with Gasteiger partial charge in [0.05, 0.1) is 0 Å². The van der Waals surface area contributed by atoms with Gasteiger partial charge < -0.3 is 10.2 Å². The summed E-state index contributed by atoms with van der Waals surface area (Å²) >= 11 is 0. The van der Waals surface area contributed by atoms with Gasteiger partial charge in [-0.15, -0.1) is 0 Å². The van der Waals surface area contributed by atoms with Gasteiger partial charge in [-0.05, 0) is 6.42 Å². The summed E-state index contributed by atoms with van der Waals surface area (Å²) in [6.07, 6.45) is 0.218. The van der Waals surface area contributed by atoms with Crippen molar-refractivity contribution in [1.82, 2.24) is 0 Å². The van der Waals surface area contributed by atoms with Crippen molar-refractivity contribution in [2.75, 3.05) is 11.5 Å². The van der Waals surface area contributed by atoms with Gasteiger partial charge in [0.2, 0.25) is 0 Å². The number of aliphatic carboxylic acids is 2. The average molecular weight is 208 g/mol. The Kier molecular flexibility index (Phi) is 2.89. The minimum atomic E-state index is -1.55. The van der Waals surface area contributed by atoms with Gasteiger partial charge in [0, 0.05) is 11.5 Å². The van der Waals surface area contributed by atoms with Crippen molar-refractivity contribution in [3.8, 4) is 0 Å². The molecule has 12 heavy (non-hydrogen) atoms. The molecule has 0 saturated carbocycles. The molecule has 2 N–H and O–H groups in total. The standard InChI is InChI=1S/C6H8O4S2/c7-4(8)6(5(9)10)1-2-11-12-3-6/h1-3H2,(H,7,8)(H,9,10). The average Bonchev–Trinajstić information content (AvgIpc) is 2.05. The molecule has 0 bridgehead atoms. The van der Waals surface area contributed by atoms with E-state index in [1.165, 1.54) is 21.6 Å². The fourth-order valence-corrected chi connectivity index (χ4v) is 3.60. The lowest BCUT2D eigenvalue weighted by Gasteiger charge is -2.27. The lowest BCUT2D eigenvalue weighted by atomic mass is 9.87. The Morgan fingerprint density at radius 1 is 1.17 bits per heavy atom. The molecule has 1 aliphatic rings. The Bertz CT molecular complexity index is 194. The van der Waals surface area contributed by atoms with E-state index in [0.717, 1.165) is 0 Å². The van der Waals surface area contributed by atoms with Crippen molar-refractivity contribution >= 4 is 33.5 Å². The molecule has 1 heterocycles. The van der Waals surface area contributed by atoms with Gasteiger partial charge in [-0.2, -0.15) is 0 Å². The first kappa shape index (κ1) is 9.73. The van der Waals surface area contributed by atoms with E-state index in [-0.39, 0.29) is 12.2 Å². The van der Waals surface area contributed by atoms with Crippen LogP contribution in [-0.2, 0) is 9.59 Å². The largest absolute Gasteiger partial charge is 0.480 e. The number of hydrogen-bond donors (Lipinski definition) is 2. The van der Waals surface area contributed by atoms with E-state index in [9.17, 15) is 9.59 Å². The molecule has 1 saturated heterocycles. The van der Waals surface area contributed by atoms with Crippen LogP contribution in [0, 0.1) is 5.41 Å². The predicted molar refractivity (Wildman–Crippen MR) is 47.2 cm³/mol. The van der Waals surface area contributed by atoms with Gasteiger partial charge in [-0.3, -0.25) is 9.59 Å². The molecule has 6 heteroatoms. The van der Waals surface area contributed by atoms with Crippen molar-refractivity contribution in [2.24, 2.45) is 5.41 Å². The third-order valence-corrected chi connectivity index (χ3v) is 4.32. The summed E-state index contributed by atoms with van der Waals surface area (Å²) in [4.78, 5) is 21.4. The normalized spacial score (nSPS) is 21.7. The highest BCUT2D eigenvalue weighted by Crippen LogP contribution is 2.41. The maximum atomic E-state index is 10.7. The lowest BCUT2D eigenvalue weighted by Crippen LogP contribution is -2.43. The zero-order valence-electron chi connectivity index (χ0n) is 6.15.